The van der Waals surface area contributed by atoms with E-state index in [1.54, 1.807) is 0 Å². The molecule has 0 spiro atoms. The topological polar surface area (TPSA) is 35.5 Å². The molecule has 0 bridgehead atoms. The Morgan fingerprint density at radius 1 is 1.10 bits per heavy atom. The molecule has 0 aromatic carbocycles. The van der Waals surface area contributed by atoms with Crippen molar-refractivity contribution in [1.29, 1.82) is 0 Å². The Kier molecular flexibility index (Phi) is 5.29. The molecule has 1 heterocycles. The summed E-state index contributed by atoms with van der Waals surface area (Å²) >= 11 is 0. The van der Waals surface area contributed by atoms with Gasteiger partial charge in [0.25, 0.3) is 0 Å². The SMILES string of the molecule is CC(C)(C)CC(C)(C(=O)OC1CCCCO1)C(C)(C)C. The summed E-state index contributed by atoms with van der Waals surface area (Å²) in [6.07, 6.45) is 3.41. The molecule has 2 unspecified atom stereocenters. The Morgan fingerprint density at radius 3 is 2.10 bits per heavy atom. The third-order valence-corrected chi connectivity index (χ3v) is 4.37. The zero-order chi connectivity index (χ0) is 15.6. The van der Waals surface area contributed by atoms with Crippen LogP contribution in [-0.4, -0.2) is 18.9 Å². The second-order valence-electron chi connectivity index (χ2n) is 8.52. The summed E-state index contributed by atoms with van der Waals surface area (Å²) in [7, 11) is 0. The van der Waals surface area contributed by atoms with Crippen molar-refractivity contribution in [2.24, 2.45) is 16.2 Å². The fourth-order valence-electron chi connectivity index (χ4n) is 2.76. The summed E-state index contributed by atoms with van der Waals surface area (Å²) in [5, 5.41) is 0. The van der Waals surface area contributed by atoms with Crippen LogP contribution in [0.5, 0.6) is 0 Å². The maximum atomic E-state index is 12.8. The van der Waals surface area contributed by atoms with Gasteiger partial charge in [-0.05, 0) is 37.0 Å². The van der Waals surface area contributed by atoms with E-state index in [1.165, 1.54) is 0 Å². The number of rotatable bonds is 3. The first-order chi connectivity index (χ1) is 8.96. The molecule has 0 N–H and O–H groups in total. The van der Waals surface area contributed by atoms with Crippen LogP contribution in [0.1, 0.15) is 74.1 Å². The van der Waals surface area contributed by atoms with Crippen molar-refractivity contribution in [1.82, 2.24) is 0 Å². The normalized spacial score (nSPS) is 24.1. The minimum atomic E-state index is -0.508. The second kappa shape index (κ2) is 6.05. The molecule has 1 fully saturated rings. The highest BCUT2D eigenvalue weighted by Gasteiger charge is 2.48. The van der Waals surface area contributed by atoms with Crippen LogP contribution >= 0.6 is 0 Å². The predicted molar refractivity (Wildman–Crippen MR) is 81.3 cm³/mol. The lowest BCUT2D eigenvalue weighted by molar-refractivity contribution is -0.204. The molecule has 20 heavy (non-hydrogen) atoms. The van der Waals surface area contributed by atoms with Gasteiger partial charge in [0.1, 0.15) is 0 Å². The number of esters is 1. The smallest absolute Gasteiger partial charge is 0.314 e. The van der Waals surface area contributed by atoms with Crippen LogP contribution in [0.2, 0.25) is 0 Å². The van der Waals surface area contributed by atoms with Crippen molar-refractivity contribution in [3.05, 3.63) is 0 Å². The van der Waals surface area contributed by atoms with Gasteiger partial charge in [-0.3, -0.25) is 4.79 Å². The zero-order valence-corrected chi connectivity index (χ0v) is 14.3. The van der Waals surface area contributed by atoms with Crippen molar-refractivity contribution < 1.29 is 14.3 Å². The maximum Gasteiger partial charge on any atom is 0.314 e. The van der Waals surface area contributed by atoms with Gasteiger partial charge < -0.3 is 9.47 Å². The van der Waals surface area contributed by atoms with E-state index in [4.69, 9.17) is 9.47 Å². The second-order valence-corrected chi connectivity index (χ2v) is 8.52. The molecule has 3 nitrogen and oxygen atoms in total. The van der Waals surface area contributed by atoms with E-state index in [9.17, 15) is 4.79 Å². The zero-order valence-electron chi connectivity index (χ0n) is 14.3. The summed E-state index contributed by atoms with van der Waals surface area (Å²) in [5.74, 6) is -0.119. The highest BCUT2D eigenvalue weighted by molar-refractivity contribution is 5.77. The molecule has 1 saturated heterocycles. The minimum Gasteiger partial charge on any atom is -0.435 e. The molecule has 1 aliphatic rings. The first kappa shape index (κ1) is 17.5. The average molecular weight is 284 g/mol. The number of carbonyl (C=O) groups excluding carboxylic acids is 1. The van der Waals surface area contributed by atoms with Crippen LogP contribution in [0.3, 0.4) is 0 Å². The molecule has 0 aromatic heterocycles. The first-order valence-electron chi connectivity index (χ1n) is 7.78. The van der Waals surface area contributed by atoms with E-state index in [0.29, 0.717) is 6.61 Å². The van der Waals surface area contributed by atoms with Crippen LogP contribution in [-0.2, 0) is 14.3 Å². The fourth-order valence-corrected chi connectivity index (χ4v) is 2.76. The van der Waals surface area contributed by atoms with Gasteiger partial charge in [0.15, 0.2) is 0 Å². The van der Waals surface area contributed by atoms with Crippen LogP contribution in [0, 0.1) is 16.2 Å². The van der Waals surface area contributed by atoms with Crippen molar-refractivity contribution in [3.8, 4) is 0 Å². The number of ether oxygens (including phenoxy) is 2. The molecule has 0 amide bonds. The van der Waals surface area contributed by atoms with Crippen molar-refractivity contribution in [2.45, 2.75) is 80.4 Å². The molecule has 1 aliphatic heterocycles. The Balaban J connectivity index is 2.84. The molecule has 2 atom stereocenters. The lowest BCUT2D eigenvalue weighted by Gasteiger charge is -2.44. The summed E-state index contributed by atoms with van der Waals surface area (Å²) in [5.41, 5.74) is -0.577. The van der Waals surface area contributed by atoms with Crippen molar-refractivity contribution >= 4 is 5.97 Å². The van der Waals surface area contributed by atoms with Crippen LogP contribution in [0.15, 0.2) is 0 Å². The molecule has 118 valence electrons. The largest absolute Gasteiger partial charge is 0.435 e. The van der Waals surface area contributed by atoms with Gasteiger partial charge in [-0.15, -0.1) is 0 Å². The third-order valence-electron chi connectivity index (χ3n) is 4.37. The molecular formula is C17H32O3. The van der Waals surface area contributed by atoms with E-state index >= 15 is 0 Å². The number of hydrogen-bond acceptors (Lipinski definition) is 3. The van der Waals surface area contributed by atoms with E-state index < -0.39 is 5.41 Å². The lowest BCUT2D eigenvalue weighted by atomic mass is 9.61. The van der Waals surface area contributed by atoms with Crippen LogP contribution in [0.4, 0.5) is 0 Å². The highest BCUT2D eigenvalue weighted by Crippen LogP contribution is 2.47. The van der Waals surface area contributed by atoms with Gasteiger partial charge >= 0.3 is 5.97 Å². The van der Waals surface area contributed by atoms with Gasteiger partial charge in [-0.1, -0.05) is 41.5 Å². The van der Waals surface area contributed by atoms with Crippen LogP contribution in [0.25, 0.3) is 0 Å². The molecular weight excluding hydrogens is 252 g/mol. The van der Waals surface area contributed by atoms with E-state index in [2.05, 4.69) is 41.5 Å². The lowest BCUT2D eigenvalue weighted by Crippen LogP contribution is -2.46. The predicted octanol–water partition coefficient (Wildman–Crippen LogP) is 4.54. The van der Waals surface area contributed by atoms with Gasteiger partial charge in [0, 0.05) is 6.42 Å². The first-order valence-corrected chi connectivity index (χ1v) is 7.78. The number of carbonyl (C=O) groups is 1. The van der Waals surface area contributed by atoms with Crippen molar-refractivity contribution in [2.75, 3.05) is 6.61 Å². The minimum absolute atomic E-state index is 0.0778. The summed E-state index contributed by atoms with van der Waals surface area (Å²) in [6.45, 7) is 15.6. The van der Waals surface area contributed by atoms with Gasteiger partial charge in [0.05, 0.1) is 12.0 Å². The van der Waals surface area contributed by atoms with Crippen LogP contribution < -0.4 is 0 Å². The molecule has 0 saturated carbocycles. The average Bonchev–Trinajstić information content (AvgIpc) is 2.26. The Labute approximate surface area is 124 Å². The quantitative estimate of drug-likeness (QED) is 0.713. The molecule has 0 radical (unpaired) electrons. The van der Waals surface area contributed by atoms with E-state index in [-0.39, 0.29) is 23.1 Å². The summed E-state index contributed by atoms with van der Waals surface area (Å²) in [4.78, 5) is 12.8. The third kappa shape index (κ3) is 4.47. The fraction of sp³-hybridized carbons (Fsp3) is 0.941. The van der Waals surface area contributed by atoms with Gasteiger partial charge in [0.2, 0.25) is 6.29 Å². The van der Waals surface area contributed by atoms with Gasteiger partial charge in [-0.25, -0.2) is 0 Å². The highest BCUT2D eigenvalue weighted by atomic mass is 16.7. The number of hydrogen-bond donors (Lipinski definition) is 0. The molecule has 1 rings (SSSR count). The van der Waals surface area contributed by atoms with E-state index in [1.807, 2.05) is 6.92 Å². The molecule has 0 aliphatic carbocycles. The summed E-state index contributed by atoms with van der Waals surface area (Å²) < 4.78 is 11.2. The maximum absolute atomic E-state index is 12.8. The Hall–Kier alpha value is -0.570. The Bertz CT molecular complexity index is 329. The summed E-state index contributed by atoms with van der Waals surface area (Å²) in [6, 6.07) is 0. The monoisotopic (exact) mass is 284 g/mol. The molecule has 0 aromatic rings. The standard InChI is InChI=1S/C17H32O3/c1-15(2,3)12-17(7,16(4,5)6)14(18)20-13-10-8-9-11-19-13/h13H,8-12H2,1-7H3. The Morgan fingerprint density at radius 2 is 1.70 bits per heavy atom. The van der Waals surface area contributed by atoms with Gasteiger partial charge in [-0.2, -0.15) is 0 Å². The van der Waals surface area contributed by atoms with Crippen molar-refractivity contribution in [3.63, 3.8) is 0 Å². The van der Waals surface area contributed by atoms with E-state index in [0.717, 1.165) is 25.7 Å². The molecule has 3 heteroatoms.